The summed E-state index contributed by atoms with van der Waals surface area (Å²) in [4.78, 5) is 23.5. The van der Waals surface area contributed by atoms with Crippen molar-refractivity contribution in [1.82, 2.24) is 15.0 Å². The molecular weight excluding hydrogens is 403 g/mol. The fourth-order valence-electron chi connectivity index (χ4n) is 2.71. The Balaban J connectivity index is 1.47. The van der Waals surface area contributed by atoms with Gasteiger partial charge in [-0.25, -0.2) is 14.4 Å². The average Bonchev–Trinajstić information content (AvgIpc) is 3.15. The Morgan fingerprint density at radius 3 is 2.61 bits per heavy atom. The number of carboxylic acid groups (broad SMARTS) is 1. The molecule has 2 aromatic heterocycles. The first kappa shape index (κ1) is 20.3. The van der Waals surface area contributed by atoms with Crippen LogP contribution in [0.4, 0.5) is 16.1 Å². The molecule has 0 atom stereocenters. The van der Waals surface area contributed by atoms with Crippen molar-refractivity contribution >= 4 is 28.8 Å². The summed E-state index contributed by atoms with van der Waals surface area (Å²) in [6, 6.07) is 12.2. The van der Waals surface area contributed by atoms with Gasteiger partial charge in [0, 0.05) is 29.2 Å². The van der Waals surface area contributed by atoms with Gasteiger partial charge in [-0.1, -0.05) is 12.1 Å². The highest BCUT2D eigenvalue weighted by molar-refractivity contribution is 5.75. The largest absolute Gasteiger partial charge is 0.481 e. The minimum Gasteiger partial charge on any atom is -0.481 e. The maximum atomic E-state index is 14.7. The quantitative estimate of drug-likeness (QED) is 0.443. The summed E-state index contributed by atoms with van der Waals surface area (Å²) in [5.74, 6) is -1.47. The molecule has 2 heterocycles. The number of carbonyl (C=O) groups is 1. The zero-order valence-corrected chi connectivity index (χ0v) is 16.8. The van der Waals surface area contributed by atoms with Crippen LogP contribution in [0.5, 0.6) is 6.01 Å². The van der Waals surface area contributed by atoms with E-state index >= 15 is 0 Å². The molecule has 8 nitrogen and oxygen atoms in total. The molecule has 0 radical (unpaired) electrons. The number of hydrogen-bond donors (Lipinski definition) is 2. The van der Waals surface area contributed by atoms with Gasteiger partial charge in [0.15, 0.2) is 5.58 Å². The van der Waals surface area contributed by atoms with E-state index in [-0.39, 0.29) is 18.6 Å². The maximum Gasteiger partial charge on any atom is 0.316 e. The van der Waals surface area contributed by atoms with Gasteiger partial charge in [-0.3, -0.25) is 4.79 Å². The topological polar surface area (TPSA) is 110 Å². The number of para-hydroxylation sites is 2. The number of nitrogens with one attached hydrogen (secondary N) is 1. The highest BCUT2D eigenvalue weighted by Crippen LogP contribution is 2.28. The van der Waals surface area contributed by atoms with Crippen LogP contribution in [-0.2, 0) is 4.79 Å². The zero-order valence-electron chi connectivity index (χ0n) is 16.8. The van der Waals surface area contributed by atoms with Crippen molar-refractivity contribution in [1.29, 1.82) is 0 Å². The molecule has 0 spiro atoms. The third-order valence-corrected chi connectivity index (χ3v) is 4.59. The predicted molar refractivity (Wildman–Crippen MR) is 112 cm³/mol. The smallest absolute Gasteiger partial charge is 0.316 e. The van der Waals surface area contributed by atoms with Gasteiger partial charge in [0.2, 0.25) is 0 Å². The van der Waals surface area contributed by atoms with E-state index in [4.69, 9.17) is 14.3 Å². The number of aromatic nitrogens is 3. The van der Waals surface area contributed by atoms with Gasteiger partial charge in [0.25, 0.3) is 6.01 Å². The van der Waals surface area contributed by atoms with Crippen LogP contribution in [0.2, 0.25) is 0 Å². The number of anilines is 2. The lowest BCUT2D eigenvalue weighted by Crippen LogP contribution is -2.31. The summed E-state index contributed by atoms with van der Waals surface area (Å²) in [7, 11) is 0. The van der Waals surface area contributed by atoms with Crippen LogP contribution in [0.3, 0.4) is 0 Å². The molecule has 4 rings (SSSR count). The fourth-order valence-corrected chi connectivity index (χ4v) is 2.71. The summed E-state index contributed by atoms with van der Waals surface area (Å²) in [6.07, 6.45) is 2.84. The average molecular weight is 422 g/mol. The minimum absolute atomic E-state index is 0.0210. The van der Waals surface area contributed by atoms with Crippen molar-refractivity contribution in [2.24, 2.45) is 5.41 Å². The number of aliphatic carboxylic acids is 1. The van der Waals surface area contributed by atoms with Gasteiger partial charge in [-0.2, -0.15) is 4.98 Å². The van der Waals surface area contributed by atoms with E-state index in [1.54, 1.807) is 18.2 Å². The molecule has 0 aliphatic rings. The summed E-state index contributed by atoms with van der Waals surface area (Å²) < 4.78 is 25.6. The van der Waals surface area contributed by atoms with Crippen LogP contribution in [0, 0.1) is 11.2 Å². The number of carboxylic acids is 1. The Kier molecular flexibility index (Phi) is 5.24. The minimum atomic E-state index is -1.08. The molecule has 2 aromatic carbocycles. The Morgan fingerprint density at radius 2 is 1.94 bits per heavy atom. The van der Waals surface area contributed by atoms with Crippen molar-refractivity contribution in [3.8, 4) is 17.1 Å². The Labute approximate surface area is 176 Å². The van der Waals surface area contributed by atoms with Gasteiger partial charge < -0.3 is 19.6 Å². The van der Waals surface area contributed by atoms with E-state index in [0.29, 0.717) is 27.9 Å². The van der Waals surface area contributed by atoms with E-state index in [2.05, 4.69) is 20.3 Å². The number of benzene rings is 2. The lowest BCUT2D eigenvalue weighted by Gasteiger charge is -2.18. The molecule has 0 saturated carbocycles. The third kappa shape index (κ3) is 4.45. The fraction of sp³-hybridized carbons (Fsp3) is 0.182. The molecule has 0 bridgehead atoms. The third-order valence-electron chi connectivity index (χ3n) is 4.59. The van der Waals surface area contributed by atoms with Crippen molar-refractivity contribution in [3.63, 3.8) is 0 Å². The van der Waals surface area contributed by atoms with Crippen molar-refractivity contribution in [2.75, 3.05) is 11.9 Å². The molecule has 158 valence electrons. The molecule has 31 heavy (non-hydrogen) atoms. The number of halogens is 1. The van der Waals surface area contributed by atoms with Crippen LogP contribution in [0.15, 0.2) is 59.3 Å². The first-order chi connectivity index (χ1) is 14.8. The molecule has 0 saturated heterocycles. The molecular formula is C22H19FN4O4. The van der Waals surface area contributed by atoms with Gasteiger partial charge in [0.05, 0.1) is 5.41 Å². The molecule has 0 aliphatic carbocycles. The van der Waals surface area contributed by atoms with Gasteiger partial charge >= 0.3 is 12.0 Å². The molecule has 4 aromatic rings. The van der Waals surface area contributed by atoms with Gasteiger partial charge in [-0.05, 0) is 44.2 Å². The standard InChI is InChI=1S/C22H19FN4O4/c1-22(2,19(28)29)12-30-20-24-10-13(11-25-20)15-8-7-14(9-16(15)23)26-21-27-17-5-3-4-6-18(17)31-21/h3-11H,12H2,1-2H3,(H,26,27)(H,28,29). The Hall–Kier alpha value is -4.01. The predicted octanol–water partition coefficient (Wildman–Crippen LogP) is 4.66. The van der Waals surface area contributed by atoms with Crippen LogP contribution in [0.25, 0.3) is 22.2 Å². The second-order valence-corrected chi connectivity index (χ2v) is 7.54. The highest BCUT2D eigenvalue weighted by atomic mass is 19.1. The SMILES string of the molecule is CC(C)(COc1ncc(-c2ccc(Nc3nc4ccccc4o3)cc2F)cn1)C(=O)O. The number of hydrogen-bond acceptors (Lipinski definition) is 7. The van der Waals surface area contributed by atoms with E-state index in [0.717, 1.165) is 0 Å². The van der Waals surface area contributed by atoms with Crippen molar-refractivity contribution in [3.05, 3.63) is 60.7 Å². The number of nitrogens with zero attached hydrogens (tertiary/aromatic N) is 3. The summed E-state index contributed by atoms with van der Waals surface area (Å²) in [6.45, 7) is 2.98. The van der Waals surface area contributed by atoms with Crippen LogP contribution in [0.1, 0.15) is 13.8 Å². The second kappa shape index (κ2) is 8.02. The molecule has 0 unspecified atom stereocenters. The summed E-state index contributed by atoms with van der Waals surface area (Å²) in [5, 5.41) is 12.1. The zero-order chi connectivity index (χ0) is 22.0. The lowest BCUT2D eigenvalue weighted by molar-refractivity contribution is -0.148. The number of oxazole rings is 1. The van der Waals surface area contributed by atoms with Gasteiger partial charge in [-0.15, -0.1) is 0 Å². The summed E-state index contributed by atoms with van der Waals surface area (Å²) >= 11 is 0. The van der Waals surface area contributed by atoms with E-state index < -0.39 is 17.2 Å². The Bertz CT molecular complexity index is 1200. The number of rotatable bonds is 7. The van der Waals surface area contributed by atoms with Crippen LogP contribution >= 0.6 is 0 Å². The lowest BCUT2D eigenvalue weighted by atomic mass is 9.95. The Morgan fingerprint density at radius 1 is 1.19 bits per heavy atom. The molecule has 0 aliphatic heterocycles. The monoisotopic (exact) mass is 422 g/mol. The number of fused-ring (bicyclic) bond motifs is 1. The van der Waals surface area contributed by atoms with Crippen LogP contribution < -0.4 is 10.1 Å². The first-order valence-electron chi connectivity index (χ1n) is 9.42. The molecule has 2 N–H and O–H groups in total. The highest BCUT2D eigenvalue weighted by Gasteiger charge is 2.28. The number of ether oxygens (including phenoxy) is 1. The summed E-state index contributed by atoms with van der Waals surface area (Å²) in [5.41, 5.74) is 1.49. The first-order valence-corrected chi connectivity index (χ1v) is 9.42. The van der Waals surface area contributed by atoms with Crippen molar-refractivity contribution in [2.45, 2.75) is 13.8 Å². The van der Waals surface area contributed by atoms with E-state index in [1.165, 1.54) is 32.3 Å². The van der Waals surface area contributed by atoms with Gasteiger partial charge in [0.1, 0.15) is 17.9 Å². The van der Waals surface area contributed by atoms with Crippen molar-refractivity contribution < 1.29 is 23.4 Å². The van der Waals surface area contributed by atoms with Crippen LogP contribution in [-0.4, -0.2) is 32.6 Å². The molecule has 9 heteroatoms. The maximum absolute atomic E-state index is 14.7. The van der Waals surface area contributed by atoms with E-state index in [1.807, 2.05) is 18.2 Å². The second-order valence-electron chi connectivity index (χ2n) is 7.54. The molecule has 0 fully saturated rings. The molecule has 0 amide bonds. The normalized spacial score (nSPS) is 11.5. The van der Waals surface area contributed by atoms with E-state index in [9.17, 15) is 9.18 Å².